The van der Waals surface area contributed by atoms with Crippen LogP contribution in [0.15, 0.2) is 24.5 Å². The molecule has 1 fully saturated rings. The van der Waals surface area contributed by atoms with E-state index >= 15 is 0 Å². The minimum Gasteiger partial charge on any atom is -0.321 e. The van der Waals surface area contributed by atoms with Crippen LogP contribution in [0.3, 0.4) is 0 Å². The Balaban J connectivity index is 2.30. The maximum absolute atomic E-state index is 6.48. The Hall–Kier alpha value is -0.890. The number of nitrogens with two attached hydrogens (primary N) is 1. The molecule has 0 bridgehead atoms. The van der Waals surface area contributed by atoms with Crippen molar-refractivity contribution in [2.45, 2.75) is 38.1 Å². The van der Waals surface area contributed by atoms with Crippen LogP contribution in [0.25, 0.3) is 0 Å². The molecule has 2 N–H and O–H groups in total. The first-order chi connectivity index (χ1) is 6.73. The molecule has 1 aromatic rings. The molecule has 0 amide bonds. The zero-order chi connectivity index (χ0) is 10.0. The standard InChI is InChI=1S/C12H18N2/c1-10-5-2-3-7-12(10,13)11-6-4-8-14-9-11/h4,6,8-10H,2-3,5,7,13H2,1H3. The van der Waals surface area contributed by atoms with Crippen molar-refractivity contribution >= 4 is 0 Å². The normalized spacial score (nSPS) is 32.9. The summed E-state index contributed by atoms with van der Waals surface area (Å²) in [5.41, 5.74) is 7.55. The van der Waals surface area contributed by atoms with E-state index in [0.29, 0.717) is 5.92 Å². The van der Waals surface area contributed by atoms with Crippen LogP contribution in [0, 0.1) is 5.92 Å². The molecule has 76 valence electrons. The molecule has 2 unspecified atom stereocenters. The van der Waals surface area contributed by atoms with Crippen LogP contribution in [0.4, 0.5) is 0 Å². The summed E-state index contributed by atoms with van der Waals surface area (Å²) in [5, 5.41) is 0. The zero-order valence-corrected chi connectivity index (χ0v) is 8.74. The Morgan fingerprint density at radius 3 is 3.00 bits per heavy atom. The van der Waals surface area contributed by atoms with Crippen molar-refractivity contribution in [1.29, 1.82) is 0 Å². The van der Waals surface area contributed by atoms with Crippen molar-refractivity contribution in [1.82, 2.24) is 4.98 Å². The Morgan fingerprint density at radius 2 is 2.36 bits per heavy atom. The van der Waals surface area contributed by atoms with Gasteiger partial charge in [-0.05, 0) is 30.4 Å². The number of rotatable bonds is 1. The fourth-order valence-corrected chi connectivity index (χ4v) is 2.44. The summed E-state index contributed by atoms with van der Waals surface area (Å²) < 4.78 is 0. The molecule has 1 saturated carbocycles. The van der Waals surface area contributed by atoms with Crippen molar-refractivity contribution in [3.63, 3.8) is 0 Å². The van der Waals surface area contributed by atoms with Crippen LogP contribution in [0.1, 0.15) is 38.2 Å². The number of nitrogens with zero attached hydrogens (tertiary/aromatic N) is 1. The largest absolute Gasteiger partial charge is 0.321 e. The van der Waals surface area contributed by atoms with Crippen molar-refractivity contribution in [2.75, 3.05) is 0 Å². The molecular formula is C12H18N2. The van der Waals surface area contributed by atoms with Crippen LogP contribution in [0.2, 0.25) is 0 Å². The second kappa shape index (κ2) is 3.70. The summed E-state index contributed by atoms with van der Waals surface area (Å²) in [5.74, 6) is 0.570. The van der Waals surface area contributed by atoms with E-state index in [-0.39, 0.29) is 5.54 Å². The highest BCUT2D eigenvalue weighted by Crippen LogP contribution is 2.38. The van der Waals surface area contributed by atoms with Gasteiger partial charge < -0.3 is 5.73 Å². The van der Waals surface area contributed by atoms with Gasteiger partial charge in [0.2, 0.25) is 0 Å². The molecule has 0 saturated heterocycles. The molecule has 2 rings (SSSR count). The van der Waals surface area contributed by atoms with Crippen LogP contribution in [-0.4, -0.2) is 4.98 Å². The second-order valence-electron chi connectivity index (χ2n) is 4.43. The number of aromatic nitrogens is 1. The lowest BCUT2D eigenvalue weighted by molar-refractivity contribution is 0.206. The minimum absolute atomic E-state index is 0.132. The number of pyridine rings is 1. The quantitative estimate of drug-likeness (QED) is 0.738. The molecule has 0 radical (unpaired) electrons. The first kappa shape index (κ1) is 9.66. The molecule has 1 aliphatic rings. The van der Waals surface area contributed by atoms with E-state index in [1.165, 1.54) is 24.8 Å². The molecule has 0 spiro atoms. The Bertz CT molecular complexity index is 296. The van der Waals surface area contributed by atoms with Gasteiger partial charge in [0.1, 0.15) is 0 Å². The van der Waals surface area contributed by atoms with Crippen LogP contribution in [0.5, 0.6) is 0 Å². The van der Waals surface area contributed by atoms with Crippen LogP contribution < -0.4 is 5.73 Å². The summed E-state index contributed by atoms with van der Waals surface area (Å²) in [6, 6.07) is 4.08. The Labute approximate surface area is 85.5 Å². The molecule has 0 aliphatic heterocycles. The summed E-state index contributed by atoms with van der Waals surface area (Å²) in [6.45, 7) is 2.26. The number of hydrogen-bond acceptors (Lipinski definition) is 2. The third-order valence-electron chi connectivity index (χ3n) is 3.56. The van der Waals surface area contributed by atoms with Gasteiger partial charge in [0, 0.05) is 17.9 Å². The molecule has 2 heteroatoms. The Morgan fingerprint density at radius 1 is 1.50 bits per heavy atom. The molecule has 14 heavy (non-hydrogen) atoms. The molecule has 1 heterocycles. The Kier molecular flexibility index (Phi) is 2.55. The zero-order valence-electron chi connectivity index (χ0n) is 8.74. The van der Waals surface area contributed by atoms with Gasteiger partial charge >= 0.3 is 0 Å². The summed E-state index contributed by atoms with van der Waals surface area (Å²) >= 11 is 0. The van der Waals surface area contributed by atoms with Gasteiger partial charge in [-0.1, -0.05) is 25.8 Å². The van der Waals surface area contributed by atoms with Gasteiger partial charge in [-0.3, -0.25) is 4.98 Å². The molecule has 1 aliphatic carbocycles. The van der Waals surface area contributed by atoms with Crippen LogP contribution >= 0.6 is 0 Å². The van der Waals surface area contributed by atoms with E-state index in [1.807, 2.05) is 12.3 Å². The summed E-state index contributed by atoms with van der Waals surface area (Å²) in [7, 11) is 0. The van der Waals surface area contributed by atoms with Crippen molar-refractivity contribution < 1.29 is 0 Å². The second-order valence-corrected chi connectivity index (χ2v) is 4.43. The van der Waals surface area contributed by atoms with E-state index in [0.717, 1.165) is 6.42 Å². The molecular weight excluding hydrogens is 172 g/mol. The highest BCUT2D eigenvalue weighted by atomic mass is 14.8. The van der Waals surface area contributed by atoms with Crippen molar-refractivity contribution in [2.24, 2.45) is 11.7 Å². The van der Waals surface area contributed by atoms with E-state index < -0.39 is 0 Å². The van der Waals surface area contributed by atoms with Gasteiger partial charge in [0.05, 0.1) is 0 Å². The molecule has 1 aromatic heterocycles. The fourth-order valence-electron chi connectivity index (χ4n) is 2.44. The van der Waals surface area contributed by atoms with Gasteiger partial charge in [-0.25, -0.2) is 0 Å². The molecule has 2 atom stereocenters. The van der Waals surface area contributed by atoms with E-state index in [4.69, 9.17) is 5.73 Å². The lowest BCUT2D eigenvalue weighted by Gasteiger charge is -2.39. The minimum atomic E-state index is -0.132. The van der Waals surface area contributed by atoms with Gasteiger partial charge in [0.15, 0.2) is 0 Å². The lowest BCUT2D eigenvalue weighted by atomic mass is 9.71. The maximum Gasteiger partial charge on any atom is 0.0450 e. The highest BCUT2D eigenvalue weighted by molar-refractivity contribution is 5.21. The highest BCUT2D eigenvalue weighted by Gasteiger charge is 2.35. The van der Waals surface area contributed by atoms with Crippen molar-refractivity contribution in [3.05, 3.63) is 30.1 Å². The first-order valence-corrected chi connectivity index (χ1v) is 5.43. The van der Waals surface area contributed by atoms with Gasteiger partial charge in [0.25, 0.3) is 0 Å². The average Bonchev–Trinajstić information content (AvgIpc) is 2.24. The topological polar surface area (TPSA) is 38.9 Å². The van der Waals surface area contributed by atoms with Gasteiger partial charge in [-0.15, -0.1) is 0 Å². The third kappa shape index (κ3) is 1.55. The van der Waals surface area contributed by atoms with E-state index in [1.54, 1.807) is 6.20 Å². The van der Waals surface area contributed by atoms with Crippen LogP contribution in [-0.2, 0) is 5.54 Å². The van der Waals surface area contributed by atoms with E-state index in [9.17, 15) is 0 Å². The van der Waals surface area contributed by atoms with E-state index in [2.05, 4.69) is 18.0 Å². The molecule has 2 nitrogen and oxygen atoms in total. The summed E-state index contributed by atoms with van der Waals surface area (Å²) in [4.78, 5) is 4.16. The smallest absolute Gasteiger partial charge is 0.0450 e. The SMILES string of the molecule is CC1CCCCC1(N)c1cccnc1. The monoisotopic (exact) mass is 190 g/mol. The predicted octanol–water partition coefficient (Wildman–Crippen LogP) is 2.45. The first-order valence-electron chi connectivity index (χ1n) is 5.43. The van der Waals surface area contributed by atoms with Gasteiger partial charge in [-0.2, -0.15) is 0 Å². The molecule has 0 aromatic carbocycles. The summed E-state index contributed by atoms with van der Waals surface area (Å²) in [6.07, 6.45) is 8.63. The number of hydrogen-bond donors (Lipinski definition) is 1. The van der Waals surface area contributed by atoms with Crippen molar-refractivity contribution in [3.8, 4) is 0 Å². The average molecular weight is 190 g/mol. The fraction of sp³-hybridized carbons (Fsp3) is 0.583. The third-order valence-corrected chi connectivity index (χ3v) is 3.56. The lowest BCUT2D eigenvalue weighted by Crippen LogP contribution is -2.45. The maximum atomic E-state index is 6.48. The predicted molar refractivity (Wildman–Crippen MR) is 57.7 cm³/mol.